The molecular weight excluding hydrogens is 332 g/mol. The van der Waals surface area contributed by atoms with E-state index in [1.165, 1.54) is 0 Å². The molecule has 7 heteroatoms. The second-order valence-electron chi connectivity index (χ2n) is 6.04. The number of carbonyl (C=O) groups excluding carboxylic acids is 1. The summed E-state index contributed by atoms with van der Waals surface area (Å²) in [6.45, 7) is 0.573. The highest BCUT2D eigenvalue weighted by Gasteiger charge is 2.36. The van der Waals surface area contributed by atoms with Gasteiger partial charge in [0.15, 0.2) is 0 Å². The van der Waals surface area contributed by atoms with Gasteiger partial charge in [-0.15, -0.1) is 0 Å². The van der Waals surface area contributed by atoms with Crippen LogP contribution in [0.25, 0.3) is 10.9 Å². The van der Waals surface area contributed by atoms with Crippen LogP contribution in [-0.4, -0.2) is 52.3 Å². The normalized spacial score (nSPS) is 20.7. The number of nitrogens with zero attached hydrogens (tertiary/aromatic N) is 2. The van der Waals surface area contributed by atoms with Gasteiger partial charge in [-0.3, -0.25) is 9.59 Å². The largest absolute Gasteiger partial charge is 0.481 e. The van der Waals surface area contributed by atoms with Crippen LogP contribution in [-0.2, 0) is 20.9 Å². The third kappa shape index (κ3) is 3.39. The van der Waals surface area contributed by atoms with Gasteiger partial charge in [-0.05, 0) is 30.0 Å². The predicted molar refractivity (Wildman–Crippen MR) is 90.1 cm³/mol. The van der Waals surface area contributed by atoms with Crippen LogP contribution in [0.5, 0.6) is 0 Å². The lowest BCUT2D eigenvalue weighted by atomic mass is 10.1. The molecule has 6 nitrogen and oxygen atoms in total. The second-order valence-corrected chi connectivity index (χ2v) is 6.47. The summed E-state index contributed by atoms with van der Waals surface area (Å²) < 4.78 is 7.15. The molecule has 1 aliphatic heterocycles. The first-order valence-corrected chi connectivity index (χ1v) is 8.14. The van der Waals surface area contributed by atoms with Crippen molar-refractivity contribution in [2.45, 2.75) is 31.5 Å². The number of methoxy groups -OCH3 is 1. The Morgan fingerprint density at radius 1 is 1.38 bits per heavy atom. The van der Waals surface area contributed by atoms with E-state index in [9.17, 15) is 9.59 Å². The van der Waals surface area contributed by atoms with Gasteiger partial charge < -0.3 is 19.3 Å². The highest BCUT2D eigenvalue weighted by Crippen LogP contribution is 2.25. The molecular formula is C17H19ClN2O4. The lowest BCUT2D eigenvalue weighted by molar-refractivity contribution is -0.140. The lowest BCUT2D eigenvalue weighted by Gasteiger charge is -2.23. The number of benzene rings is 1. The van der Waals surface area contributed by atoms with Gasteiger partial charge in [0.25, 0.3) is 0 Å². The monoisotopic (exact) mass is 350 g/mol. The van der Waals surface area contributed by atoms with E-state index in [-0.39, 0.29) is 31.0 Å². The maximum atomic E-state index is 12.7. The molecule has 2 aromatic rings. The highest BCUT2D eigenvalue weighted by molar-refractivity contribution is 6.31. The summed E-state index contributed by atoms with van der Waals surface area (Å²) in [4.78, 5) is 25.4. The van der Waals surface area contributed by atoms with Crippen molar-refractivity contribution in [2.75, 3.05) is 13.7 Å². The Morgan fingerprint density at radius 2 is 2.17 bits per heavy atom. The molecule has 0 spiro atoms. The Morgan fingerprint density at radius 3 is 2.88 bits per heavy atom. The van der Waals surface area contributed by atoms with Gasteiger partial charge in [-0.1, -0.05) is 17.7 Å². The summed E-state index contributed by atoms with van der Waals surface area (Å²) in [5.41, 5.74) is 0.883. The molecule has 2 atom stereocenters. The Kier molecular flexibility index (Phi) is 4.78. The van der Waals surface area contributed by atoms with Crippen LogP contribution in [0.4, 0.5) is 0 Å². The maximum absolute atomic E-state index is 12.7. The molecule has 2 heterocycles. The van der Waals surface area contributed by atoms with Crippen LogP contribution >= 0.6 is 11.6 Å². The molecule has 128 valence electrons. The molecule has 1 aromatic heterocycles. The van der Waals surface area contributed by atoms with E-state index in [4.69, 9.17) is 21.4 Å². The van der Waals surface area contributed by atoms with E-state index in [0.717, 1.165) is 10.9 Å². The first-order chi connectivity index (χ1) is 11.5. The molecule has 1 aliphatic rings. The van der Waals surface area contributed by atoms with E-state index < -0.39 is 5.97 Å². The second kappa shape index (κ2) is 6.83. The summed E-state index contributed by atoms with van der Waals surface area (Å²) >= 11 is 6.04. The molecule has 1 saturated heterocycles. The fourth-order valence-electron chi connectivity index (χ4n) is 3.28. The zero-order chi connectivity index (χ0) is 17.3. The molecule has 0 bridgehead atoms. The van der Waals surface area contributed by atoms with Crippen LogP contribution in [0.3, 0.4) is 0 Å². The summed E-state index contributed by atoms with van der Waals surface area (Å²) in [5.74, 6) is -1.02. The number of carboxylic acids is 1. The molecule has 3 rings (SSSR count). The van der Waals surface area contributed by atoms with Gasteiger partial charge in [0.05, 0.1) is 12.5 Å². The van der Waals surface area contributed by atoms with Crippen LogP contribution < -0.4 is 0 Å². The molecule has 0 saturated carbocycles. The molecule has 0 radical (unpaired) electrons. The van der Waals surface area contributed by atoms with Crippen molar-refractivity contribution >= 4 is 34.4 Å². The van der Waals surface area contributed by atoms with E-state index in [2.05, 4.69) is 0 Å². The number of hydrogen-bond acceptors (Lipinski definition) is 3. The average Bonchev–Trinajstić information content (AvgIpc) is 3.11. The SMILES string of the molecule is COC1CC(CC(=O)O)N(C(=O)Cn2ccc3ccc(Cl)cc32)C1. The number of aromatic nitrogens is 1. The quantitative estimate of drug-likeness (QED) is 0.898. The zero-order valence-corrected chi connectivity index (χ0v) is 14.1. The summed E-state index contributed by atoms with van der Waals surface area (Å²) in [6.07, 6.45) is 2.21. The topological polar surface area (TPSA) is 71.8 Å². The number of aliphatic carboxylic acids is 1. The van der Waals surface area contributed by atoms with Crippen LogP contribution in [0.15, 0.2) is 30.5 Å². The van der Waals surface area contributed by atoms with Gasteiger partial charge in [0.1, 0.15) is 6.54 Å². The fourth-order valence-corrected chi connectivity index (χ4v) is 3.44. The minimum absolute atomic E-state index is 0.0656. The van der Waals surface area contributed by atoms with E-state index >= 15 is 0 Å². The molecule has 1 amide bonds. The van der Waals surface area contributed by atoms with Crippen LogP contribution in [0, 0.1) is 0 Å². The van der Waals surface area contributed by atoms with Crippen molar-refractivity contribution in [3.05, 3.63) is 35.5 Å². The molecule has 0 aliphatic carbocycles. The van der Waals surface area contributed by atoms with Crippen molar-refractivity contribution < 1.29 is 19.4 Å². The minimum atomic E-state index is -0.909. The number of carbonyl (C=O) groups is 2. The van der Waals surface area contributed by atoms with Crippen molar-refractivity contribution in [1.29, 1.82) is 0 Å². The fraction of sp³-hybridized carbons (Fsp3) is 0.412. The zero-order valence-electron chi connectivity index (χ0n) is 13.3. The van der Waals surface area contributed by atoms with Crippen molar-refractivity contribution in [3.63, 3.8) is 0 Å². The summed E-state index contributed by atoms with van der Waals surface area (Å²) in [6, 6.07) is 7.13. The number of halogens is 1. The first-order valence-electron chi connectivity index (χ1n) is 7.76. The van der Waals surface area contributed by atoms with Crippen molar-refractivity contribution in [1.82, 2.24) is 9.47 Å². The number of rotatable bonds is 5. The average molecular weight is 351 g/mol. The standard InChI is InChI=1S/C17H19ClN2O4/c1-24-14-7-13(8-17(22)23)20(9-14)16(21)10-19-5-4-11-2-3-12(18)6-15(11)19/h2-6,13-14H,7-10H2,1H3,(H,22,23). The van der Waals surface area contributed by atoms with Crippen molar-refractivity contribution in [3.8, 4) is 0 Å². The molecule has 1 fully saturated rings. The van der Waals surface area contributed by atoms with Crippen LogP contribution in [0.1, 0.15) is 12.8 Å². The molecule has 2 unspecified atom stereocenters. The van der Waals surface area contributed by atoms with Crippen molar-refractivity contribution in [2.24, 2.45) is 0 Å². The Balaban J connectivity index is 1.79. The molecule has 1 N–H and O–H groups in total. The van der Waals surface area contributed by atoms with Gasteiger partial charge in [-0.25, -0.2) is 0 Å². The minimum Gasteiger partial charge on any atom is -0.481 e. The van der Waals surface area contributed by atoms with Crippen LogP contribution in [0.2, 0.25) is 5.02 Å². The van der Waals surface area contributed by atoms with Gasteiger partial charge in [0.2, 0.25) is 5.91 Å². The number of hydrogen-bond donors (Lipinski definition) is 1. The third-order valence-corrected chi connectivity index (χ3v) is 4.72. The Hall–Kier alpha value is -2.05. The number of amides is 1. The number of ether oxygens (including phenoxy) is 1. The first kappa shape index (κ1) is 16.8. The molecule has 24 heavy (non-hydrogen) atoms. The third-order valence-electron chi connectivity index (χ3n) is 4.48. The van der Waals surface area contributed by atoms with Gasteiger partial charge in [-0.2, -0.15) is 0 Å². The summed E-state index contributed by atoms with van der Waals surface area (Å²) in [7, 11) is 1.58. The van der Waals surface area contributed by atoms with E-state index in [1.54, 1.807) is 12.0 Å². The Labute approximate surface area is 144 Å². The van der Waals surface area contributed by atoms with Gasteiger partial charge in [0, 0.05) is 36.4 Å². The number of fused-ring (bicyclic) bond motifs is 1. The maximum Gasteiger partial charge on any atom is 0.305 e. The van der Waals surface area contributed by atoms with E-state index in [0.29, 0.717) is 18.0 Å². The Bertz CT molecular complexity index is 773. The van der Waals surface area contributed by atoms with Gasteiger partial charge >= 0.3 is 5.97 Å². The predicted octanol–water partition coefficient (Wildman–Crippen LogP) is 2.39. The summed E-state index contributed by atoms with van der Waals surface area (Å²) in [5, 5.41) is 10.7. The molecule has 1 aromatic carbocycles. The highest BCUT2D eigenvalue weighted by atomic mass is 35.5. The lowest BCUT2D eigenvalue weighted by Crippen LogP contribution is -2.39. The smallest absolute Gasteiger partial charge is 0.305 e. The number of likely N-dealkylation sites (tertiary alicyclic amines) is 1. The number of carboxylic acid groups (broad SMARTS) is 1. The van der Waals surface area contributed by atoms with E-state index in [1.807, 2.05) is 35.0 Å².